The number of nitrogens with zero attached hydrogens (tertiary/aromatic N) is 1. The molecule has 0 unspecified atom stereocenters. The van der Waals surface area contributed by atoms with Crippen molar-refractivity contribution < 1.29 is 9.53 Å². The number of carbonyl (C=O) groups excluding carboxylic acids is 1. The number of amides is 2. The molecule has 2 aromatic rings. The highest BCUT2D eigenvalue weighted by atomic mass is 32.1. The van der Waals surface area contributed by atoms with Crippen LogP contribution in [0.15, 0.2) is 35.2 Å². The number of benzene rings is 1. The van der Waals surface area contributed by atoms with E-state index in [9.17, 15) is 4.79 Å². The fourth-order valence-corrected chi connectivity index (χ4v) is 2.04. The van der Waals surface area contributed by atoms with Gasteiger partial charge in [-0.3, -0.25) is 0 Å². The first-order valence-corrected chi connectivity index (χ1v) is 6.74. The average Bonchev–Trinajstić information content (AvgIpc) is 2.96. The number of carbonyl (C=O) groups is 1. The first-order chi connectivity index (χ1) is 9.28. The number of urea groups is 1. The number of aromatic nitrogens is 1. The number of ether oxygens (including phenoxy) is 1. The molecule has 0 spiro atoms. The third-order valence-corrected chi connectivity index (χ3v) is 3.16. The van der Waals surface area contributed by atoms with Gasteiger partial charge in [0, 0.05) is 11.9 Å². The summed E-state index contributed by atoms with van der Waals surface area (Å²) in [5, 5.41) is 7.44. The molecular formula is C13H15N3O2S. The molecule has 1 aromatic carbocycles. The van der Waals surface area contributed by atoms with Crippen LogP contribution in [0, 0.1) is 0 Å². The van der Waals surface area contributed by atoms with Crippen LogP contribution in [-0.4, -0.2) is 18.1 Å². The molecule has 0 atom stereocenters. The predicted octanol–water partition coefficient (Wildman–Crippen LogP) is 2.15. The molecule has 0 aliphatic carbocycles. The zero-order chi connectivity index (χ0) is 13.5. The maximum absolute atomic E-state index is 11.6. The molecule has 2 N–H and O–H groups in total. The van der Waals surface area contributed by atoms with E-state index < -0.39 is 0 Å². The highest BCUT2D eigenvalue weighted by molar-refractivity contribution is 7.07. The summed E-state index contributed by atoms with van der Waals surface area (Å²) in [4.78, 5) is 15.7. The Labute approximate surface area is 115 Å². The lowest BCUT2D eigenvalue weighted by atomic mass is 10.2. The van der Waals surface area contributed by atoms with Crippen LogP contribution in [0.5, 0.6) is 5.75 Å². The molecular weight excluding hydrogens is 262 g/mol. The van der Waals surface area contributed by atoms with E-state index >= 15 is 0 Å². The van der Waals surface area contributed by atoms with E-state index in [1.165, 1.54) is 11.3 Å². The molecule has 1 heterocycles. The quantitative estimate of drug-likeness (QED) is 0.880. The summed E-state index contributed by atoms with van der Waals surface area (Å²) in [6, 6.07) is 7.36. The lowest BCUT2D eigenvalue weighted by Gasteiger charge is -2.07. The summed E-state index contributed by atoms with van der Waals surface area (Å²) in [6.07, 6.45) is 0. The van der Waals surface area contributed by atoms with Gasteiger partial charge in [-0.25, -0.2) is 9.78 Å². The van der Waals surface area contributed by atoms with Crippen LogP contribution in [-0.2, 0) is 13.1 Å². The van der Waals surface area contributed by atoms with E-state index in [-0.39, 0.29) is 6.03 Å². The predicted molar refractivity (Wildman–Crippen MR) is 74.2 cm³/mol. The highest BCUT2D eigenvalue weighted by Crippen LogP contribution is 2.10. The molecule has 5 nitrogen and oxygen atoms in total. The number of nitrogens with one attached hydrogen (secondary N) is 2. The molecule has 1 aromatic heterocycles. The number of rotatable bonds is 5. The molecule has 0 saturated heterocycles. The van der Waals surface area contributed by atoms with Crippen LogP contribution in [0.25, 0.3) is 0 Å². The number of hydrogen-bond donors (Lipinski definition) is 2. The van der Waals surface area contributed by atoms with Gasteiger partial charge in [-0.1, -0.05) is 12.1 Å². The zero-order valence-corrected chi connectivity index (χ0v) is 11.4. The molecule has 2 amide bonds. The molecule has 0 fully saturated rings. The maximum atomic E-state index is 11.6. The third kappa shape index (κ3) is 4.26. The largest absolute Gasteiger partial charge is 0.497 e. The monoisotopic (exact) mass is 277 g/mol. The van der Waals surface area contributed by atoms with E-state index in [1.807, 2.05) is 29.6 Å². The van der Waals surface area contributed by atoms with Crippen molar-refractivity contribution in [2.75, 3.05) is 7.11 Å². The van der Waals surface area contributed by atoms with Crippen molar-refractivity contribution in [3.63, 3.8) is 0 Å². The van der Waals surface area contributed by atoms with Crippen LogP contribution in [0.3, 0.4) is 0 Å². The second-order valence-corrected chi connectivity index (χ2v) is 4.58. The molecule has 2 rings (SSSR count). The highest BCUT2D eigenvalue weighted by Gasteiger charge is 2.01. The molecule has 0 aliphatic heterocycles. The number of methoxy groups -OCH3 is 1. The van der Waals surface area contributed by atoms with Gasteiger partial charge in [0.05, 0.1) is 24.9 Å². The van der Waals surface area contributed by atoms with E-state index in [2.05, 4.69) is 15.6 Å². The molecule has 0 radical (unpaired) electrons. The van der Waals surface area contributed by atoms with E-state index in [1.54, 1.807) is 12.6 Å². The lowest BCUT2D eigenvalue weighted by molar-refractivity contribution is 0.240. The summed E-state index contributed by atoms with van der Waals surface area (Å²) >= 11 is 1.51. The Bertz CT molecular complexity index is 511. The van der Waals surface area contributed by atoms with Gasteiger partial charge in [0.2, 0.25) is 0 Å². The Balaban J connectivity index is 1.73. The van der Waals surface area contributed by atoms with Crippen molar-refractivity contribution in [3.8, 4) is 5.75 Å². The van der Waals surface area contributed by atoms with Crippen molar-refractivity contribution in [2.24, 2.45) is 0 Å². The van der Waals surface area contributed by atoms with E-state index in [4.69, 9.17) is 4.74 Å². The van der Waals surface area contributed by atoms with Gasteiger partial charge in [0.15, 0.2) is 0 Å². The fourth-order valence-electron chi connectivity index (χ4n) is 1.48. The number of thiazole rings is 1. The Morgan fingerprint density at radius 3 is 2.63 bits per heavy atom. The van der Waals surface area contributed by atoms with Crippen LogP contribution < -0.4 is 15.4 Å². The molecule has 19 heavy (non-hydrogen) atoms. The van der Waals surface area contributed by atoms with Gasteiger partial charge >= 0.3 is 6.03 Å². The normalized spacial score (nSPS) is 9.95. The standard InChI is InChI=1S/C13H15N3O2S/c1-18-12-4-2-10(3-5-12)6-14-13(17)15-7-11-8-19-9-16-11/h2-5,8-9H,6-7H2,1H3,(H2,14,15,17). The number of hydrogen-bond acceptors (Lipinski definition) is 4. The minimum Gasteiger partial charge on any atom is -0.497 e. The minimum absolute atomic E-state index is 0.205. The Kier molecular flexibility index (Phi) is 4.74. The van der Waals surface area contributed by atoms with E-state index in [0.29, 0.717) is 13.1 Å². The summed E-state index contributed by atoms with van der Waals surface area (Å²) in [5.41, 5.74) is 3.63. The Hall–Kier alpha value is -2.08. The summed E-state index contributed by atoms with van der Waals surface area (Å²) in [5.74, 6) is 0.803. The van der Waals surface area contributed by atoms with Crippen molar-refractivity contribution in [3.05, 3.63) is 46.4 Å². The van der Waals surface area contributed by atoms with Crippen molar-refractivity contribution in [2.45, 2.75) is 13.1 Å². The van der Waals surface area contributed by atoms with Crippen molar-refractivity contribution in [1.29, 1.82) is 0 Å². The SMILES string of the molecule is COc1ccc(CNC(=O)NCc2cscn2)cc1. The molecule has 0 saturated carbocycles. The van der Waals surface area contributed by atoms with Crippen LogP contribution in [0.2, 0.25) is 0 Å². The van der Waals surface area contributed by atoms with Gasteiger partial charge in [0.1, 0.15) is 5.75 Å². The first kappa shape index (κ1) is 13.4. The maximum Gasteiger partial charge on any atom is 0.315 e. The van der Waals surface area contributed by atoms with Crippen LogP contribution in [0.1, 0.15) is 11.3 Å². The summed E-state index contributed by atoms with van der Waals surface area (Å²) in [6.45, 7) is 0.921. The third-order valence-electron chi connectivity index (χ3n) is 2.53. The van der Waals surface area contributed by atoms with Crippen LogP contribution in [0.4, 0.5) is 4.79 Å². The lowest BCUT2D eigenvalue weighted by Crippen LogP contribution is -2.34. The van der Waals surface area contributed by atoms with Gasteiger partial charge in [-0.05, 0) is 17.7 Å². The molecule has 6 heteroatoms. The molecule has 100 valence electrons. The Morgan fingerprint density at radius 1 is 1.26 bits per heavy atom. The topological polar surface area (TPSA) is 63.2 Å². The van der Waals surface area contributed by atoms with Crippen molar-refractivity contribution in [1.82, 2.24) is 15.6 Å². The van der Waals surface area contributed by atoms with E-state index in [0.717, 1.165) is 17.0 Å². The fraction of sp³-hybridized carbons (Fsp3) is 0.231. The smallest absolute Gasteiger partial charge is 0.315 e. The van der Waals surface area contributed by atoms with Gasteiger partial charge < -0.3 is 15.4 Å². The second-order valence-electron chi connectivity index (χ2n) is 3.86. The minimum atomic E-state index is -0.205. The molecule has 0 aliphatic rings. The van der Waals surface area contributed by atoms with Gasteiger partial charge in [-0.15, -0.1) is 11.3 Å². The second kappa shape index (κ2) is 6.75. The average molecular weight is 277 g/mol. The first-order valence-electron chi connectivity index (χ1n) is 5.79. The van der Waals surface area contributed by atoms with Crippen molar-refractivity contribution >= 4 is 17.4 Å². The summed E-state index contributed by atoms with van der Waals surface area (Å²) < 4.78 is 5.07. The molecule has 0 bridgehead atoms. The summed E-state index contributed by atoms with van der Waals surface area (Å²) in [7, 11) is 1.62. The Morgan fingerprint density at radius 2 is 2.00 bits per heavy atom. The zero-order valence-electron chi connectivity index (χ0n) is 10.6. The van der Waals surface area contributed by atoms with Crippen LogP contribution >= 0.6 is 11.3 Å². The van der Waals surface area contributed by atoms with Gasteiger partial charge in [-0.2, -0.15) is 0 Å². The van der Waals surface area contributed by atoms with Gasteiger partial charge in [0.25, 0.3) is 0 Å².